The lowest BCUT2D eigenvalue weighted by Gasteiger charge is -2.09. The molecular weight excluding hydrogens is 288 g/mol. The number of pyridine rings is 1. The van der Waals surface area contributed by atoms with E-state index >= 15 is 0 Å². The summed E-state index contributed by atoms with van der Waals surface area (Å²) in [7, 11) is 0. The van der Waals surface area contributed by atoms with E-state index in [9.17, 15) is 9.90 Å². The molecule has 0 saturated heterocycles. The maximum absolute atomic E-state index is 12.2. The number of carbonyl (C=O) groups excluding carboxylic acids is 1. The van der Waals surface area contributed by atoms with Gasteiger partial charge in [-0.15, -0.1) is 0 Å². The van der Waals surface area contributed by atoms with Crippen molar-refractivity contribution in [3.63, 3.8) is 0 Å². The Morgan fingerprint density at radius 3 is 2.57 bits per heavy atom. The molecule has 0 atom stereocenters. The zero-order valence-electron chi connectivity index (χ0n) is 10.9. The molecule has 0 saturated carbocycles. The Labute approximate surface area is 126 Å². The number of fused-ring (bicyclic) bond motifs is 1. The van der Waals surface area contributed by atoms with Crippen LogP contribution >= 0.6 is 11.6 Å². The minimum atomic E-state index is -0.254. The summed E-state index contributed by atoms with van der Waals surface area (Å²) in [6.45, 7) is 0. The van der Waals surface area contributed by atoms with E-state index in [0.717, 1.165) is 10.8 Å². The number of phenols is 1. The fraction of sp³-hybridized carbons (Fsp3) is 0. The van der Waals surface area contributed by atoms with Crippen LogP contribution in [0.5, 0.6) is 5.75 Å². The Morgan fingerprint density at radius 1 is 1.05 bits per heavy atom. The lowest BCUT2D eigenvalue weighted by atomic mass is 10.1. The van der Waals surface area contributed by atoms with Gasteiger partial charge < -0.3 is 10.4 Å². The molecule has 104 valence electrons. The van der Waals surface area contributed by atoms with Gasteiger partial charge in [-0.25, -0.2) is 0 Å². The number of aromatic hydroxyl groups is 1. The topological polar surface area (TPSA) is 62.2 Å². The monoisotopic (exact) mass is 298 g/mol. The van der Waals surface area contributed by atoms with Crippen molar-refractivity contribution in [2.45, 2.75) is 0 Å². The smallest absolute Gasteiger partial charge is 0.255 e. The van der Waals surface area contributed by atoms with Crippen LogP contribution in [0, 0.1) is 0 Å². The molecule has 1 heterocycles. The van der Waals surface area contributed by atoms with Gasteiger partial charge in [0.2, 0.25) is 0 Å². The van der Waals surface area contributed by atoms with Crippen molar-refractivity contribution < 1.29 is 9.90 Å². The molecule has 3 aromatic rings. The summed E-state index contributed by atoms with van der Waals surface area (Å²) in [4.78, 5) is 16.2. The Balaban J connectivity index is 1.97. The zero-order valence-corrected chi connectivity index (χ0v) is 11.6. The maximum atomic E-state index is 12.2. The highest BCUT2D eigenvalue weighted by molar-refractivity contribution is 6.36. The van der Waals surface area contributed by atoms with Gasteiger partial charge in [-0.1, -0.05) is 11.6 Å². The molecule has 0 bridgehead atoms. The number of rotatable bonds is 2. The molecule has 0 aliphatic rings. The number of nitrogens with zero attached hydrogens (tertiary/aromatic N) is 1. The van der Waals surface area contributed by atoms with Crippen molar-refractivity contribution in [2.24, 2.45) is 0 Å². The second-order valence-corrected chi connectivity index (χ2v) is 4.92. The van der Waals surface area contributed by atoms with Crippen molar-refractivity contribution in [1.82, 2.24) is 4.98 Å². The molecular formula is C16H11ClN2O2. The van der Waals surface area contributed by atoms with Crippen LogP contribution in [0.25, 0.3) is 10.8 Å². The molecule has 2 aromatic carbocycles. The number of carbonyl (C=O) groups is 1. The van der Waals surface area contributed by atoms with Gasteiger partial charge in [0.05, 0.1) is 5.02 Å². The fourth-order valence-electron chi connectivity index (χ4n) is 2.07. The molecule has 4 nitrogen and oxygen atoms in total. The van der Waals surface area contributed by atoms with E-state index in [1.165, 1.54) is 12.1 Å². The molecule has 0 radical (unpaired) electrons. The number of hydrogen-bond donors (Lipinski definition) is 2. The Morgan fingerprint density at radius 2 is 1.81 bits per heavy atom. The first-order valence-electron chi connectivity index (χ1n) is 6.28. The number of nitrogens with one attached hydrogen (secondary N) is 1. The van der Waals surface area contributed by atoms with E-state index in [-0.39, 0.29) is 11.7 Å². The molecule has 0 fully saturated rings. The SMILES string of the molecule is O=C(Nc1ccc(Cl)c2cnccc12)c1ccc(O)cc1. The van der Waals surface area contributed by atoms with Gasteiger partial charge in [-0.3, -0.25) is 9.78 Å². The molecule has 3 rings (SSSR count). The molecule has 0 unspecified atom stereocenters. The second kappa shape index (κ2) is 5.42. The molecule has 21 heavy (non-hydrogen) atoms. The minimum absolute atomic E-state index is 0.120. The van der Waals surface area contributed by atoms with Crippen molar-refractivity contribution in [1.29, 1.82) is 0 Å². The lowest BCUT2D eigenvalue weighted by Crippen LogP contribution is -2.11. The lowest BCUT2D eigenvalue weighted by molar-refractivity contribution is 0.102. The van der Waals surface area contributed by atoms with E-state index in [4.69, 9.17) is 11.6 Å². The first-order chi connectivity index (χ1) is 10.1. The Kier molecular flexibility index (Phi) is 3.46. The summed E-state index contributed by atoms with van der Waals surface area (Å²) in [5.74, 6) is -0.134. The van der Waals surface area contributed by atoms with Gasteiger partial charge in [0, 0.05) is 34.4 Å². The van der Waals surface area contributed by atoms with Crippen molar-refractivity contribution in [3.8, 4) is 5.75 Å². The third-order valence-electron chi connectivity index (χ3n) is 3.14. The number of benzene rings is 2. The normalized spacial score (nSPS) is 10.5. The Hall–Kier alpha value is -2.59. The second-order valence-electron chi connectivity index (χ2n) is 4.52. The molecule has 0 aliphatic carbocycles. The summed E-state index contributed by atoms with van der Waals surface area (Å²) >= 11 is 6.12. The van der Waals surface area contributed by atoms with Gasteiger partial charge in [0.25, 0.3) is 5.91 Å². The highest BCUT2D eigenvalue weighted by Crippen LogP contribution is 2.29. The van der Waals surface area contributed by atoms with E-state index in [1.807, 2.05) is 0 Å². The van der Waals surface area contributed by atoms with Crippen molar-refractivity contribution >= 4 is 34.0 Å². The fourth-order valence-corrected chi connectivity index (χ4v) is 2.29. The number of halogens is 1. The first kappa shape index (κ1) is 13.4. The summed E-state index contributed by atoms with van der Waals surface area (Å²) in [6.07, 6.45) is 3.31. The van der Waals surface area contributed by atoms with Crippen LogP contribution in [0.1, 0.15) is 10.4 Å². The summed E-state index contributed by atoms with van der Waals surface area (Å²) < 4.78 is 0. The van der Waals surface area contributed by atoms with E-state index in [0.29, 0.717) is 16.3 Å². The maximum Gasteiger partial charge on any atom is 0.255 e. The number of aromatic nitrogens is 1. The Bertz CT molecular complexity index is 816. The summed E-state index contributed by atoms with van der Waals surface area (Å²) in [6, 6.07) is 11.3. The minimum Gasteiger partial charge on any atom is -0.508 e. The van der Waals surface area contributed by atoms with Crippen molar-refractivity contribution in [2.75, 3.05) is 5.32 Å². The molecule has 1 aromatic heterocycles. The highest BCUT2D eigenvalue weighted by atomic mass is 35.5. The number of anilines is 1. The molecule has 0 spiro atoms. The molecule has 1 amide bonds. The summed E-state index contributed by atoms with van der Waals surface area (Å²) in [5, 5.41) is 14.3. The third-order valence-corrected chi connectivity index (χ3v) is 3.47. The highest BCUT2D eigenvalue weighted by Gasteiger charge is 2.10. The third kappa shape index (κ3) is 2.66. The van der Waals surface area contributed by atoms with Crippen LogP contribution in [0.4, 0.5) is 5.69 Å². The largest absolute Gasteiger partial charge is 0.508 e. The van der Waals surface area contributed by atoms with Gasteiger partial charge in [0.15, 0.2) is 0 Å². The first-order valence-corrected chi connectivity index (χ1v) is 6.65. The number of amides is 1. The van der Waals surface area contributed by atoms with Crippen molar-refractivity contribution in [3.05, 3.63) is 65.4 Å². The van der Waals surface area contributed by atoms with Crippen LogP contribution < -0.4 is 5.32 Å². The van der Waals surface area contributed by atoms with Crippen LogP contribution in [0.15, 0.2) is 54.9 Å². The average molecular weight is 299 g/mol. The van der Waals surface area contributed by atoms with Crippen LogP contribution in [-0.2, 0) is 0 Å². The standard InChI is InChI=1S/C16H11ClN2O2/c17-14-5-6-15(12-7-8-18-9-13(12)14)19-16(21)10-1-3-11(20)4-2-10/h1-9,20H,(H,19,21). The average Bonchev–Trinajstić information content (AvgIpc) is 2.51. The van der Waals surface area contributed by atoms with Crippen LogP contribution in [0.2, 0.25) is 5.02 Å². The van der Waals surface area contributed by atoms with Gasteiger partial charge in [-0.2, -0.15) is 0 Å². The quantitative estimate of drug-likeness (QED) is 0.755. The van der Waals surface area contributed by atoms with E-state index < -0.39 is 0 Å². The molecule has 5 heteroatoms. The van der Waals surface area contributed by atoms with Gasteiger partial charge >= 0.3 is 0 Å². The van der Waals surface area contributed by atoms with Crippen LogP contribution in [0.3, 0.4) is 0 Å². The van der Waals surface area contributed by atoms with E-state index in [2.05, 4.69) is 10.3 Å². The molecule has 0 aliphatic heterocycles. The number of phenolic OH excluding ortho intramolecular Hbond substituents is 1. The predicted molar refractivity (Wildman–Crippen MR) is 82.8 cm³/mol. The zero-order chi connectivity index (χ0) is 14.8. The number of hydrogen-bond acceptors (Lipinski definition) is 3. The van der Waals surface area contributed by atoms with Gasteiger partial charge in [-0.05, 0) is 42.5 Å². The van der Waals surface area contributed by atoms with Gasteiger partial charge in [0.1, 0.15) is 5.75 Å². The molecule has 2 N–H and O–H groups in total. The predicted octanol–water partition coefficient (Wildman–Crippen LogP) is 3.85. The van der Waals surface area contributed by atoms with Crippen LogP contribution in [-0.4, -0.2) is 16.0 Å². The van der Waals surface area contributed by atoms with E-state index in [1.54, 1.807) is 42.7 Å². The summed E-state index contributed by atoms with van der Waals surface area (Å²) in [5.41, 5.74) is 1.12.